The minimum Gasteiger partial charge on any atom is -0.416 e. The molecule has 0 spiro atoms. The molecule has 0 fully saturated rings. The molecule has 3 heterocycles. The molecule has 0 saturated heterocycles. The summed E-state index contributed by atoms with van der Waals surface area (Å²) in [5, 5.41) is 19.6. The van der Waals surface area contributed by atoms with Gasteiger partial charge in [0.15, 0.2) is 5.65 Å². The fourth-order valence-corrected chi connectivity index (χ4v) is 2.32. The zero-order valence-corrected chi connectivity index (χ0v) is 11.7. The first-order valence-electron chi connectivity index (χ1n) is 6.18. The topological polar surface area (TPSA) is 82.0 Å². The number of nitrogens with zero attached hydrogens (tertiary/aromatic N) is 6. The average molecular weight is 312 g/mol. The first kappa shape index (κ1) is 13.9. The Labute approximate surface area is 121 Å². The number of hydrogen-bond acceptors (Lipinski definition) is 7. The monoisotopic (exact) mass is 312 g/mol. The summed E-state index contributed by atoms with van der Waals surface area (Å²) in [5.74, 6) is 0.0447. The summed E-state index contributed by atoms with van der Waals surface area (Å²) in [6.45, 7) is 2.00. The molecule has 10 heteroatoms. The van der Waals surface area contributed by atoms with E-state index in [0.717, 1.165) is 22.7 Å². The maximum absolute atomic E-state index is 12.8. The number of aromatic nitrogens is 6. The van der Waals surface area contributed by atoms with Gasteiger partial charge in [-0.05, 0) is 30.3 Å². The number of aryl methyl sites for hydroxylation is 1. The fraction of sp³-hybridized carbons (Fsp3) is 0.364. The van der Waals surface area contributed by atoms with Gasteiger partial charge in [-0.25, -0.2) is 8.78 Å². The molecule has 21 heavy (non-hydrogen) atoms. The molecule has 0 atom stereocenters. The Morgan fingerprint density at radius 1 is 1.24 bits per heavy atom. The quantitative estimate of drug-likeness (QED) is 0.716. The number of alkyl halides is 2. The van der Waals surface area contributed by atoms with E-state index < -0.39 is 12.2 Å². The van der Waals surface area contributed by atoms with E-state index in [2.05, 4.69) is 25.5 Å². The fourth-order valence-electron chi connectivity index (χ4n) is 1.66. The minimum atomic E-state index is -2.74. The third kappa shape index (κ3) is 2.84. The van der Waals surface area contributed by atoms with Crippen LogP contribution in [0.2, 0.25) is 0 Å². The highest BCUT2D eigenvalue weighted by Crippen LogP contribution is 2.26. The van der Waals surface area contributed by atoms with Crippen molar-refractivity contribution in [3.05, 3.63) is 23.8 Å². The van der Waals surface area contributed by atoms with Gasteiger partial charge in [0.2, 0.25) is 11.7 Å². The van der Waals surface area contributed by atoms with Gasteiger partial charge in [0.25, 0.3) is 11.6 Å². The van der Waals surface area contributed by atoms with Crippen LogP contribution in [-0.4, -0.2) is 30.0 Å². The highest BCUT2D eigenvalue weighted by atomic mass is 32.2. The smallest absolute Gasteiger partial charge is 0.299 e. The SMILES string of the molecule is CCCc1nnc(Sc2ccc3nnc(C(F)F)n3n2)o1. The Morgan fingerprint density at radius 3 is 2.86 bits per heavy atom. The van der Waals surface area contributed by atoms with Gasteiger partial charge in [-0.15, -0.1) is 20.4 Å². The molecule has 7 nitrogen and oxygen atoms in total. The maximum atomic E-state index is 12.8. The second-order valence-corrected chi connectivity index (χ2v) is 5.09. The molecular weight excluding hydrogens is 302 g/mol. The number of fused-ring (bicyclic) bond motifs is 1. The summed E-state index contributed by atoms with van der Waals surface area (Å²) in [4.78, 5) is 0. The Hall–Kier alpha value is -2.10. The first-order valence-corrected chi connectivity index (χ1v) is 6.99. The zero-order chi connectivity index (χ0) is 14.8. The lowest BCUT2D eigenvalue weighted by molar-refractivity contribution is 0.137. The van der Waals surface area contributed by atoms with Crippen LogP contribution >= 0.6 is 11.8 Å². The molecule has 0 amide bonds. The van der Waals surface area contributed by atoms with Gasteiger partial charge in [0.1, 0.15) is 5.03 Å². The molecule has 3 aromatic rings. The van der Waals surface area contributed by atoms with Crippen molar-refractivity contribution in [1.82, 2.24) is 30.0 Å². The Morgan fingerprint density at radius 2 is 2.10 bits per heavy atom. The van der Waals surface area contributed by atoms with E-state index in [4.69, 9.17) is 4.42 Å². The zero-order valence-electron chi connectivity index (χ0n) is 10.9. The van der Waals surface area contributed by atoms with Gasteiger partial charge in [0, 0.05) is 6.42 Å². The van der Waals surface area contributed by atoms with E-state index in [0.29, 0.717) is 22.6 Å². The van der Waals surface area contributed by atoms with E-state index >= 15 is 0 Å². The molecule has 0 aliphatic carbocycles. The van der Waals surface area contributed by atoms with Crippen LogP contribution in [0.4, 0.5) is 8.78 Å². The lowest BCUT2D eigenvalue weighted by Gasteiger charge is -1.99. The highest BCUT2D eigenvalue weighted by Gasteiger charge is 2.17. The largest absolute Gasteiger partial charge is 0.416 e. The molecule has 0 N–H and O–H groups in total. The molecule has 0 aromatic carbocycles. The number of halogens is 2. The van der Waals surface area contributed by atoms with Crippen LogP contribution in [-0.2, 0) is 6.42 Å². The first-order chi connectivity index (χ1) is 10.2. The van der Waals surface area contributed by atoms with E-state index in [1.54, 1.807) is 12.1 Å². The third-order valence-corrected chi connectivity index (χ3v) is 3.33. The van der Waals surface area contributed by atoms with Crippen molar-refractivity contribution >= 4 is 17.4 Å². The Bertz CT molecular complexity index is 758. The predicted octanol–water partition coefficient (Wildman–Crippen LogP) is 2.55. The van der Waals surface area contributed by atoms with E-state index in [1.807, 2.05) is 6.92 Å². The summed E-state index contributed by atoms with van der Waals surface area (Å²) < 4.78 is 32.0. The van der Waals surface area contributed by atoms with E-state index in [1.165, 1.54) is 0 Å². The Kier molecular flexibility index (Phi) is 3.78. The van der Waals surface area contributed by atoms with Crippen LogP contribution in [0.25, 0.3) is 5.65 Å². The van der Waals surface area contributed by atoms with Gasteiger partial charge in [-0.3, -0.25) is 0 Å². The normalized spacial score (nSPS) is 11.6. The highest BCUT2D eigenvalue weighted by molar-refractivity contribution is 7.99. The second kappa shape index (κ2) is 5.72. The van der Waals surface area contributed by atoms with Gasteiger partial charge < -0.3 is 4.42 Å². The van der Waals surface area contributed by atoms with Crippen LogP contribution in [0, 0.1) is 0 Å². The van der Waals surface area contributed by atoms with Gasteiger partial charge in [0.05, 0.1) is 0 Å². The Balaban J connectivity index is 1.87. The molecule has 0 saturated carbocycles. The van der Waals surface area contributed by atoms with Crippen LogP contribution in [0.1, 0.15) is 31.5 Å². The minimum absolute atomic E-state index is 0.256. The molecule has 0 radical (unpaired) electrons. The van der Waals surface area contributed by atoms with Crippen molar-refractivity contribution in [2.24, 2.45) is 0 Å². The standard InChI is InChI=1S/C11H10F2N6OS/c1-2-3-7-15-17-11(20-7)21-8-5-4-6-14-16-10(9(12)13)19(6)18-8/h4-5,9H,2-3H2,1H3. The lowest BCUT2D eigenvalue weighted by Crippen LogP contribution is -2.00. The van der Waals surface area contributed by atoms with Gasteiger partial charge >= 0.3 is 0 Å². The third-order valence-electron chi connectivity index (χ3n) is 2.56. The molecule has 3 rings (SSSR count). The summed E-state index contributed by atoms with van der Waals surface area (Å²) in [6, 6.07) is 3.19. The van der Waals surface area contributed by atoms with Crippen molar-refractivity contribution in [2.45, 2.75) is 36.4 Å². The summed E-state index contributed by atoms with van der Waals surface area (Å²) in [5.41, 5.74) is 0.256. The van der Waals surface area contributed by atoms with Crippen molar-refractivity contribution in [3.63, 3.8) is 0 Å². The summed E-state index contributed by atoms with van der Waals surface area (Å²) in [7, 11) is 0. The summed E-state index contributed by atoms with van der Waals surface area (Å²) >= 11 is 1.10. The molecule has 0 aliphatic heterocycles. The molecule has 0 aliphatic rings. The van der Waals surface area contributed by atoms with Crippen molar-refractivity contribution in [2.75, 3.05) is 0 Å². The molecular formula is C11H10F2N6OS. The lowest BCUT2D eigenvalue weighted by atomic mass is 10.3. The van der Waals surface area contributed by atoms with Gasteiger partial charge in [-0.1, -0.05) is 6.92 Å². The number of rotatable bonds is 5. The van der Waals surface area contributed by atoms with Crippen molar-refractivity contribution in [1.29, 1.82) is 0 Å². The molecule has 0 unspecified atom stereocenters. The average Bonchev–Trinajstić information content (AvgIpc) is 3.05. The predicted molar refractivity (Wildman–Crippen MR) is 68.2 cm³/mol. The number of hydrogen-bond donors (Lipinski definition) is 0. The van der Waals surface area contributed by atoms with Crippen LogP contribution in [0.3, 0.4) is 0 Å². The maximum Gasteiger partial charge on any atom is 0.299 e. The van der Waals surface area contributed by atoms with Crippen LogP contribution in [0.5, 0.6) is 0 Å². The van der Waals surface area contributed by atoms with Crippen LogP contribution < -0.4 is 0 Å². The van der Waals surface area contributed by atoms with Gasteiger partial charge in [-0.2, -0.15) is 9.61 Å². The molecule has 3 aromatic heterocycles. The molecule has 0 bridgehead atoms. The van der Waals surface area contributed by atoms with Crippen LogP contribution in [0.15, 0.2) is 26.8 Å². The van der Waals surface area contributed by atoms with Crippen molar-refractivity contribution < 1.29 is 13.2 Å². The second-order valence-electron chi connectivity index (χ2n) is 4.11. The molecule has 110 valence electrons. The van der Waals surface area contributed by atoms with Crippen molar-refractivity contribution in [3.8, 4) is 0 Å². The van der Waals surface area contributed by atoms with E-state index in [9.17, 15) is 8.78 Å². The van der Waals surface area contributed by atoms with E-state index in [-0.39, 0.29) is 5.65 Å². The summed E-state index contributed by atoms with van der Waals surface area (Å²) in [6.07, 6.45) is -1.15.